The molecule has 0 amide bonds. The second-order valence-corrected chi connectivity index (χ2v) is 6.86. The molecule has 0 fully saturated rings. The van der Waals surface area contributed by atoms with Crippen LogP contribution in [0.1, 0.15) is 30.0 Å². The molecule has 156 valence electrons. The molecule has 4 rings (SSSR count). The predicted molar refractivity (Wildman–Crippen MR) is 119 cm³/mol. The zero-order valence-electron chi connectivity index (χ0n) is 17.0. The van der Waals surface area contributed by atoms with Gasteiger partial charge in [-0.1, -0.05) is 36.4 Å². The number of para-hydroxylation sites is 1. The molecule has 4 aromatic rings. The van der Waals surface area contributed by atoms with Crippen LogP contribution < -0.4 is 11.0 Å². The van der Waals surface area contributed by atoms with E-state index in [9.17, 15) is 9.59 Å². The number of benzene rings is 2. The van der Waals surface area contributed by atoms with Gasteiger partial charge in [-0.3, -0.25) is 9.36 Å². The molecule has 0 atom stereocenters. The van der Waals surface area contributed by atoms with Crippen molar-refractivity contribution in [3.05, 3.63) is 82.3 Å². The molecule has 0 bridgehead atoms. The van der Waals surface area contributed by atoms with Gasteiger partial charge in [-0.15, -0.1) is 0 Å². The normalized spacial score (nSPS) is 11.6. The van der Waals surface area contributed by atoms with Crippen molar-refractivity contribution >= 4 is 28.5 Å². The lowest BCUT2D eigenvalue weighted by Crippen LogP contribution is -2.23. The van der Waals surface area contributed by atoms with Crippen molar-refractivity contribution in [1.29, 1.82) is 0 Å². The summed E-state index contributed by atoms with van der Waals surface area (Å²) in [6.45, 7) is 4.18. The van der Waals surface area contributed by atoms with E-state index in [4.69, 9.17) is 9.52 Å². The maximum absolute atomic E-state index is 12.7. The summed E-state index contributed by atoms with van der Waals surface area (Å²) >= 11 is 0. The van der Waals surface area contributed by atoms with E-state index in [1.807, 2.05) is 50.2 Å². The van der Waals surface area contributed by atoms with Crippen molar-refractivity contribution in [1.82, 2.24) is 9.55 Å². The maximum atomic E-state index is 12.7. The molecule has 2 heterocycles. The number of hydrogen-bond acceptors (Lipinski definition) is 6. The highest BCUT2D eigenvalue weighted by Gasteiger charge is 2.11. The van der Waals surface area contributed by atoms with Crippen LogP contribution in [0.15, 0.2) is 75.0 Å². The third kappa shape index (κ3) is 3.95. The number of carbonyl (C=O) groups is 1. The van der Waals surface area contributed by atoms with E-state index >= 15 is 0 Å². The van der Waals surface area contributed by atoms with Gasteiger partial charge < -0.3 is 9.52 Å². The van der Waals surface area contributed by atoms with Crippen LogP contribution in [0.3, 0.4) is 0 Å². The van der Waals surface area contributed by atoms with Gasteiger partial charge in [-0.2, -0.15) is 5.10 Å². The van der Waals surface area contributed by atoms with Gasteiger partial charge in [-0.25, -0.2) is 15.2 Å². The zero-order chi connectivity index (χ0) is 22.0. The minimum Gasteiger partial charge on any atom is -0.475 e. The van der Waals surface area contributed by atoms with Gasteiger partial charge in [0, 0.05) is 12.1 Å². The number of fused-ring (bicyclic) bond motifs is 1. The third-order valence-corrected chi connectivity index (χ3v) is 4.91. The predicted octanol–water partition coefficient (Wildman–Crippen LogP) is 4.21. The summed E-state index contributed by atoms with van der Waals surface area (Å²) < 4.78 is 6.87. The van der Waals surface area contributed by atoms with Crippen LogP contribution in [0, 0.1) is 0 Å². The Labute approximate surface area is 177 Å². The lowest BCUT2D eigenvalue weighted by atomic mass is 10.1. The Kier molecular flexibility index (Phi) is 5.36. The van der Waals surface area contributed by atoms with Crippen LogP contribution in [-0.4, -0.2) is 26.3 Å². The number of hydrogen-bond donors (Lipinski definition) is 2. The first-order valence-electron chi connectivity index (χ1n) is 9.71. The molecule has 2 aromatic heterocycles. The number of aromatic nitrogens is 2. The van der Waals surface area contributed by atoms with E-state index in [2.05, 4.69) is 15.5 Å². The Morgan fingerprint density at radius 1 is 1.13 bits per heavy atom. The fourth-order valence-electron chi connectivity index (χ4n) is 3.23. The van der Waals surface area contributed by atoms with Gasteiger partial charge >= 0.3 is 5.97 Å². The van der Waals surface area contributed by atoms with Crippen LogP contribution in [0.4, 0.5) is 5.95 Å². The molecule has 0 spiro atoms. The lowest BCUT2D eigenvalue weighted by molar-refractivity contribution is 0.0663. The van der Waals surface area contributed by atoms with E-state index < -0.39 is 5.97 Å². The molecule has 0 aliphatic heterocycles. The molecular weight excluding hydrogens is 396 g/mol. The lowest BCUT2D eigenvalue weighted by Gasteiger charge is -2.11. The zero-order valence-corrected chi connectivity index (χ0v) is 17.0. The van der Waals surface area contributed by atoms with E-state index in [1.165, 1.54) is 6.07 Å². The van der Waals surface area contributed by atoms with Gasteiger partial charge in [0.2, 0.25) is 11.7 Å². The van der Waals surface area contributed by atoms with E-state index in [-0.39, 0.29) is 11.3 Å². The molecule has 0 saturated carbocycles. The number of furan rings is 1. The van der Waals surface area contributed by atoms with Gasteiger partial charge in [0.25, 0.3) is 5.56 Å². The standard InChI is InChI=1S/C23H20N4O4/c1-3-27-21(28)17-6-4-5-7-18(17)24-23(27)26-25-14(2)15-8-10-16(11-9-15)19-12-13-20(31-19)22(29)30/h4-13H,3H2,1-2H3,(H,24,26)(H,29,30)/b25-14-. The van der Waals surface area contributed by atoms with Crippen LogP contribution in [0.25, 0.3) is 22.2 Å². The van der Waals surface area contributed by atoms with Crippen LogP contribution in [0.2, 0.25) is 0 Å². The summed E-state index contributed by atoms with van der Waals surface area (Å²) in [7, 11) is 0. The Morgan fingerprint density at radius 2 is 1.87 bits per heavy atom. The van der Waals surface area contributed by atoms with Crippen LogP contribution in [-0.2, 0) is 6.54 Å². The van der Waals surface area contributed by atoms with E-state index in [0.717, 1.165) is 11.1 Å². The Bertz CT molecular complexity index is 1350. The number of carboxylic acids is 1. The Morgan fingerprint density at radius 3 is 2.55 bits per heavy atom. The summed E-state index contributed by atoms with van der Waals surface area (Å²) in [5.41, 5.74) is 5.71. The molecule has 2 N–H and O–H groups in total. The first-order valence-corrected chi connectivity index (χ1v) is 9.71. The smallest absolute Gasteiger partial charge is 0.371 e. The highest BCUT2D eigenvalue weighted by atomic mass is 16.4. The molecular formula is C23H20N4O4. The molecule has 8 nitrogen and oxygen atoms in total. The van der Waals surface area contributed by atoms with Crippen molar-refractivity contribution in [2.24, 2.45) is 5.10 Å². The highest BCUT2D eigenvalue weighted by molar-refractivity contribution is 5.99. The number of rotatable bonds is 6. The maximum Gasteiger partial charge on any atom is 0.371 e. The largest absolute Gasteiger partial charge is 0.475 e. The monoisotopic (exact) mass is 416 g/mol. The first-order chi connectivity index (χ1) is 15.0. The molecule has 0 aliphatic carbocycles. The van der Waals surface area contributed by atoms with Crippen LogP contribution in [0.5, 0.6) is 0 Å². The first kappa shape index (κ1) is 20.1. The summed E-state index contributed by atoms with van der Waals surface area (Å²) in [6.07, 6.45) is 0. The highest BCUT2D eigenvalue weighted by Crippen LogP contribution is 2.23. The SMILES string of the molecule is CCn1c(N/N=C(/C)c2ccc(-c3ccc(C(=O)O)o3)cc2)nc2ccccc2c1=O. The molecule has 8 heteroatoms. The number of carboxylic acid groups (broad SMARTS) is 1. The van der Waals surface area contributed by atoms with Crippen molar-refractivity contribution < 1.29 is 14.3 Å². The topological polar surface area (TPSA) is 110 Å². The Balaban J connectivity index is 1.58. The number of hydrazone groups is 1. The second kappa shape index (κ2) is 8.27. The average Bonchev–Trinajstić information content (AvgIpc) is 3.28. The molecule has 0 aliphatic rings. The Hall–Kier alpha value is -4.20. The molecule has 0 unspecified atom stereocenters. The van der Waals surface area contributed by atoms with Gasteiger partial charge in [0.05, 0.1) is 16.6 Å². The van der Waals surface area contributed by atoms with Crippen molar-refractivity contribution in [2.75, 3.05) is 5.43 Å². The van der Waals surface area contributed by atoms with Crippen LogP contribution >= 0.6 is 0 Å². The number of aromatic carboxylic acids is 1. The van der Waals surface area contributed by atoms with Gasteiger partial charge in [0.15, 0.2) is 0 Å². The third-order valence-electron chi connectivity index (χ3n) is 4.91. The van der Waals surface area contributed by atoms with Crippen molar-refractivity contribution in [3.8, 4) is 11.3 Å². The number of nitrogens with one attached hydrogen (secondary N) is 1. The van der Waals surface area contributed by atoms with Crippen molar-refractivity contribution in [3.63, 3.8) is 0 Å². The second-order valence-electron chi connectivity index (χ2n) is 6.86. The summed E-state index contributed by atoms with van der Waals surface area (Å²) in [4.78, 5) is 28.2. The summed E-state index contributed by atoms with van der Waals surface area (Å²) in [6, 6.07) is 17.6. The van der Waals surface area contributed by atoms with E-state index in [0.29, 0.717) is 34.9 Å². The number of anilines is 1. The van der Waals surface area contributed by atoms with Gasteiger partial charge in [-0.05, 0) is 43.7 Å². The number of nitrogens with zero attached hydrogens (tertiary/aromatic N) is 3. The summed E-state index contributed by atoms with van der Waals surface area (Å²) in [5, 5.41) is 13.9. The van der Waals surface area contributed by atoms with Gasteiger partial charge in [0.1, 0.15) is 5.76 Å². The minimum atomic E-state index is -1.11. The fourth-order valence-corrected chi connectivity index (χ4v) is 3.23. The molecule has 0 saturated heterocycles. The minimum absolute atomic E-state index is 0.106. The fraction of sp³-hybridized carbons (Fsp3) is 0.130. The van der Waals surface area contributed by atoms with E-state index in [1.54, 1.807) is 22.8 Å². The summed E-state index contributed by atoms with van der Waals surface area (Å²) in [5.74, 6) is -0.362. The quantitative estimate of drug-likeness (QED) is 0.360. The molecule has 31 heavy (non-hydrogen) atoms. The molecule has 0 radical (unpaired) electrons. The molecule has 2 aromatic carbocycles. The van der Waals surface area contributed by atoms with Crippen molar-refractivity contribution in [2.45, 2.75) is 20.4 Å². The average molecular weight is 416 g/mol.